The fraction of sp³-hybridized carbons (Fsp3) is 0.524. The molecule has 0 bridgehead atoms. The molecule has 6 nitrogen and oxygen atoms in total. The summed E-state index contributed by atoms with van der Waals surface area (Å²) in [5.74, 6) is -0.0212. The second-order valence-corrected chi connectivity index (χ2v) is 8.85. The molecular formula is C21H27N3O3S. The van der Waals surface area contributed by atoms with E-state index >= 15 is 0 Å². The Bertz CT molecular complexity index is 851. The van der Waals surface area contributed by atoms with E-state index in [0.717, 1.165) is 49.3 Å². The predicted octanol–water partition coefficient (Wildman–Crippen LogP) is 1.83. The van der Waals surface area contributed by atoms with Crippen molar-refractivity contribution in [2.24, 2.45) is 0 Å². The number of β-amino-alcohol motifs (C(OH)–C–C–N with tert-alkyl or cyclic N) is 1. The molecule has 0 saturated carbocycles. The number of amides is 1. The SMILES string of the molecule is CCc1ccc(CN2CCc3c(C(=O)N4CC[C@@](O)(CO)C4)csc3C2)nc1. The molecule has 2 aromatic heterocycles. The van der Waals surface area contributed by atoms with E-state index in [1.165, 1.54) is 10.4 Å². The Labute approximate surface area is 169 Å². The number of aryl methyl sites for hydroxylation is 1. The number of rotatable bonds is 5. The number of likely N-dealkylation sites (tertiary alicyclic amines) is 1. The summed E-state index contributed by atoms with van der Waals surface area (Å²) in [6, 6.07) is 4.25. The fourth-order valence-electron chi connectivity index (χ4n) is 4.01. The van der Waals surface area contributed by atoms with Crippen molar-refractivity contribution in [3.05, 3.63) is 51.0 Å². The lowest BCUT2D eigenvalue weighted by Gasteiger charge is -2.27. The zero-order valence-corrected chi connectivity index (χ0v) is 17.0. The van der Waals surface area contributed by atoms with Gasteiger partial charge in [-0.1, -0.05) is 13.0 Å². The molecule has 0 unspecified atom stereocenters. The van der Waals surface area contributed by atoms with E-state index < -0.39 is 5.60 Å². The highest BCUT2D eigenvalue weighted by Gasteiger charge is 2.39. The van der Waals surface area contributed by atoms with Crippen LogP contribution in [-0.2, 0) is 25.9 Å². The lowest BCUT2D eigenvalue weighted by molar-refractivity contribution is -0.00456. The number of carbonyl (C=O) groups excluding carboxylic acids is 1. The van der Waals surface area contributed by atoms with E-state index in [-0.39, 0.29) is 19.1 Å². The minimum Gasteiger partial charge on any atom is -0.393 e. The van der Waals surface area contributed by atoms with Crippen LogP contribution in [0.1, 0.15) is 45.4 Å². The molecule has 2 N–H and O–H groups in total. The van der Waals surface area contributed by atoms with Crippen LogP contribution in [0.3, 0.4) is 0 Å². The summed E-state index contributed by atoms with van der Waals surface area (Å²) in [4.78, 5) is 22.8. The third kappa shape index (κ3) is 3.85. The summed E-state index contributed by atoms with van der Waals surface area (Å²) in [6.45, 7) is 5.09. The number of aliphatic hydroxyl groups is 2. The second kappa shape index (κ2) is 7.91. The first-order chi connectivity index (χ1) is 13.5. The van der Waals surface area contributed by atoms with Gasteiger partial charge in [-0.2, -0.15) is 0 Å². The summed E-state index contributed by atoms with van der Waals surface area (Å²) in [5.41, 5.74) is 3.10. The molecule has 2 aliphatic heterocycles. The topological polar surface area (TPSA) is 76.9 Å². The van der Waals surface area contributed by atoms with Crippen LogP contribution >= 0.6 is 11.3 Å². The van der Waals surface area contributed by atoms with Crippen LogP contribution in [0.5, 0.6) is 0 Å². The van der Waals surface area contributed by atoms with E-state index in [9.17, 15) is 15.0 Å². The number of aliphatic hydroxyl groups excluding tert-OH is 1. The Balaban J connectivity index is 1.42. The van der Waals surface area contributed by atoms with Gasteiger partial charge in [0.2, 0.25) is 0 Å². The number of aromatic nitrogens is 1. The minimum absolute atomic E-state index is 0.0212. The number of hydrogen-bond acceptors (Lipinski definition) is 6. The zero-order valence-electron chi connectivity index (χ0n) is 16.2. The number of hydrogen-bond donors (Lipinski definition) is 2. The van der Waals surface area contributed by atoms with Gasteiger partial charge in [-0.05, 0) is 36.5 Å². The minimum atomic E-state index is -1.15. The summed E-state index contributed by atoms with van der Waals surface area (Å²) < 4.78 is 0. The van der Waals surface area contributed by atoms with Crippen LogP contribution < -0.4 is 0 Å². The van der Waals surface area contributed by atoms with Gasteiger partial charge < -0.3 is 15.1 Å². The molecule has 1 fully saturated rings. The first kappa shape index (κ1) is 19.5. The standard InChI is InChI=1S/C21H27N3O3S/c1-2-15-3-4-16(22-9-15)10-23-7-5-17-18(12-28-19(17)11-23)20(26)24-8-6-21(27,13-24)14-25/h3-4,9,12,25,27H,2,5-8,10-11,13-14H2,1H3/t21-/m0/s1. The highest BCUT2D eigenvalue weighted by molar-refractivity contribution is 7.10. The molecule has 28 heavy (non-hydrogen) atoms. The Hall–Kier alpha value is -1.80. The average Bonchev–Trinajstić information content (AvgIpc) is 3.32. The van der Waals surface area contributed by atoms with Gasteiger partial charge in [0, 0.05) is 42.6 Å². The van der Waals surface area contributed by atoms with Crippen molar-refractivity contribution in [1.82, 2.24) is 14.8 Å². The van der Waals surface area contributed by atoms with Gasteiger partial charge in [0.1, 0.15) is 5.60 Å². The van der Waals surface area contributed by atoms with E-state index in [2.05, 4.69) is 28.9 Å². The number of fused-ring (bicyclic) bond motifs is 1. The van der Waals surface area contributed by atoms with E-state index in [4.69, 9.17) is 0 Å². The van der Waals surface area contributed by atoms with Crippen molar-refractivity contribution < 1.29 is 15.0 Å². The van der Waals surface area contributed by atoms with Crippen molar-refractivity contribution in [2.45, 2.75) is 44.9 Å². The highest BCUT2D eigenvalue weighted by Crippen LogP contribution is 2.31. The van der Waals surface area contributed by atoms with Crippen LogP contribution in [0.2, 0.25) is 0 Å². The normalized spacial score (nSPS) is 22.5. The van der Waals surface area contributed by atoms with Gasteiger partial charge in [0.25, 0.3) is 5.91 Å². The van der Waals surface area contributed by atoms with Crippen molar-refractivity contribution in [2.75, 3.05) is 26.2 Å². The molecule has 150 valence electrons. The Morgan fingerprint density at radius 3 is 2.89 bits per heavy atom. The van der Waals surface area contributed by atoms with E-state index in [1.807, 2.05) is 11.6 Å². The average molecular weight is 402 g/mol. The fourth-order valence-corrected chi connectivity index (χ4v) is 5.13. The summed E-state index contributed by atoms with van der Waals surface area (Å²) in [6.07, 6.45) is 4.24. The molecule has 1 amide bonds. The lowest BCUT2D eigenvalue weighted by atomic mass is 10.0. The van der Waals surface area contributed by atoms with Crippen molar-refractivity contribution >= 4 is 17.2 Å². The maximum absolute atomic E-state index is 12.9. The molecule has 0 aliphatic carbocycles. The molecule has 1 atom stereocenters. The van der Waals surface area contributed by atoms with Crippen LogP contribution in [0.15, 0.2) is 23.7 Å². The Morgan fingerprint density at radius 2 is 2.21 bits per heavy atom. The largest absolute Gasteiger partial charge is 0.393 e. The van der Waals surface area contributed by atoms with Gasteiger partial charge in [-0.25, -0.2) is 0 Å². The number of nitrogens with zero attached hydrogens (tertiary/aromatic N) is 3. The molecule has 2 aliphatic rings. The molecular weight excluding hydrogens is 374 g/mol. The quantitative estimate of drug-likeness (QED) is 0.799. The van der Waals surface area contributed by atoms with Gasteiger partial charge in [0.05, 0.1) is 24.4 Å². The van der Waals surface area contributed by atoms with Crippen LogP contribution in [-0.4, -0.2) is 62.7 Å². The molecule has 4 rings (SSSR count). The summed E-state index contributed by atoms with van der Waals surface area (Å²) >= 11 is 1.64. The predicted molar refractivity (Wildman–Crippen MR) is 108 cm³/mol. The van der Waals surface area contributed by atoms with E-state index in [1.54, 1.807) is 16.2 Å². The lowest BCUT2D eigenvalue weighted by Crippen LogP contribution is -2.39. The molecule has 1 saturated heterocycles. The maximum atomic E-state index is 12.9. The second-order valence-electron chi connectivity index (χ2n) is 7.88. The Kier molecular flexibility index (Phi) is 5.51. The van der Waals surface area contributed by atoms with Gasteiger partial charge in [-0.3, -0.25) is 14.7 Å². The third-order valence-corrected chi connectivity index (χ3v) is 6.86. The zero-order chi connectivity index (χ0) is 19.7. The van der Waals surface area contributed by atoms with Gasteiger partial charge in [0.15, 0.2) is 0 Å². The molecule has 7 heteroatoms. The smallest absolute Gasteiger partial charge is 0.255 e. The molecule has 0 spiro atoms. The maximum Gasteiger partial charge on any atom is 0.255 e. The monoisotopic (exact) mass is 401 g/mol. The summed E-state index contributed by atoms with van der Waals surface area (Å²) in [7, 11) is 0. The number of pyridine rings is 1. The number of thiophene rings is 1. The molecule has 2 aromatic rings. The first-order valence-electron chi connectivity index (χ1n) is 9.89. The number of carbonyl (C=O) groups is 1. The van der Waals surface area contributed by atoms with Gasteiger partial charge in [-0.15, -0.1) is 11.3 Å². The van der Waals surface area contributed by atoms with Gasteiger partial charge >= 0.3 is 0 Å². The van der Waals surface area contributed by atoms with E-state index in [0.29, 0.717) is 13.0 Å². The van der Waals surface area contributed by atoms with Crippen molar-refractivity contribution in [3.8, 4) is 0 Å². The summed E-state index contributed by atoms with van der Waals surface area (Å²) in [5, 5.41) is 21.5. The molecule has 4 heterocycles. The Morgan fingerprint density at radius 1 is 1.36 bits per heavy atom. The first-order valence-corrected chi connectivity index (χ1v) is 10.8. The molecule has 0 aromatic carbocycles. The molecule has 0 radical (unpaired) electrons. The van der Waals surface area contributed by atoms with Crippen LogP contribution in [0.25, 0.3) is 0 Å². The highest BCUT2D eigenvalue weighted by atomic mass is 32.1. The van der Waals surface area contributed by atoms with Crippen molar-refractivity contribution in [1.29, 1.82) is 0 Å². The third-order valence-electron chi connectivity index (χ3n) is 5.85. The van der Waals surface area contributed by atoms with Crippen LogP contribution in [0, 0.1) is 0 Å². The van der Waals surface area contributed by atoms with Crippen LogP contribution in [0.4, 0.5) is 0 Å². The van der Waals surface area contributed by atoms with Crippen molar-refractivity contribution in [3.63, 3.8) is 0 Å².